The molecule has 2 aromatic rings. The number of carbonyl (C=O) groups excluding carboxylic acids is 1. The second-order valence-corrected chi connectivity index (χ2v) is 4.99. The Labute approximate surface area is 128 Å². The summed E-state index contributed by atoms with van der Waals surface area (Å²) in [5.41, 5.74) is 1.44. The van der Waals surface area contributed by atoms with Crippen molar-refractivity contribution in [3.8, 4) is 11.3 Å². The van der Waals surface area contributed by atoms with Crippen molar-refractivity contribution in [3.63, 3.8) is 0 Å². The van der Waals surface area contributed by atoms with Crippen LogP contribution in [-0.2, 0) is 4.79 Å². The molecule has 1 fully saturated rings. The molecule has 106 valence electrons. The lowest BCUT2D eigenvalue weighted by molar-refractivity contribution is -0.122. The minimum absolute atomic E-state index is 0.125. The van der Waals surface area contributed by atoms with Crippen LogP contribution in [0.4, 0.5) is 0 Å². The molecule has 0 unspecified atom stereocenters. The fourth-order valence-corrected chi connectivity index (χ4v) is 2.51. The third-order valence-corrected chi connectivity index (χ3v) is 3.57. The maximum absolute atomic E-state index is 12.1. The first-order valence-electron chi connectivity index (χ1n) is 6.69. The zero-order valence-corrected chi connectivity index (χ0v) is 12.3. The number of furan rings is 1. The summed E-state index contributed by atoms with van der Waals surface area (Å²) in [7, 11) is 0. The second kappa shape index (κ2) is 5.54. The molecule has 2 heterocycles. The lowest BCUT2D eigenvalue weighted by atomic mass is 10.2. The molecule has 1 saturated heterocycles. The number of rotatable bonds is 3. The molecule has 1 aliphatic rings. The van der Waals surface area contributed by atoms with Crippen molar-refractivity contribution in [2.75, 3.05) is 6.54 Å². The molecule has 5 heteroatoms. The van der Waals surface area contributed by atoms with E-state index < -0.39 is 0 Å². The highest BCUT2D eigenvalue weighted by molar-refractivity contribution is 7.80. The zero-order chi connectivity index (χ0) is 14.8. The van der Waals surface area contributed by atoms with Gasteiger partial charge in [0.1, 0.15) is 17.2 Å². The van der Waals surface area contributed by atoms with Crippen LogP contribution in [0.5, 0.6) is 0 Å². The maximum atomic E-state index is 12.1. The minimum Gasteiger partial charge on any atom is -0.457 e. The fourth-order valence-electron chi connectivity index (χ4n) is 2.19. The number of hydrogen-bond acceptors (Lipinski definition) is 3. The average Bonchev–Trinajstić information content (AvgIpc) is 3.06. The molecule has 0 spiro atoms. The van der Waals surface area contributed by atoms with Crippen LogP contribution < -0.4 is 5.32 Å². The Morgan fingerprint density at radius 1 is 1.24 bits per heavy atom. The van der Waals surface area contributed by atoms with Crippen molar-refractivity contribution in [1.82, 2.24) is 10.2 Å². The van der Waals surface area contributed by atoms with Gasteiger partial charge in [-0.2, -0.15) is 0 Å². The highest BCUT2D eigenvalue weighted by atomic mass is 32.1. The third kappa shape index (κ3) is 2.60. The van der Waals surface area contributed by atoms with Crippen LogP contribution in [0.1, 0.15) is 12.7 Å². The van der Waals surface area contributed by atoms with Gasteiger partial charge in [0.05, 0.1) is 0 Å². The number of thiocarbonyl (C=S) groups is 1. The Balaban J connectivity index is 1.87. The number of amides is 1. The van der Waals surface area contributed by atoms with E-state index in [1.165, 1.54) is 4.90 Å². The lowest BCUT2D eigenvalue weighted by Crippen LogP contribution is -2.30. The Morgan fingerprint density at radius 2 is 2.00 bits per heavy atom. The molecule has 1 aromatic carbocycles. The summed E-state index contributed by atoms with van der Waals surface area (Å²) < 4.78 is 5.75. The van der Waals surface area contributed by atoms with E-state index in [4.69, 9.17) is 16.6 Å². The third-order valence-electron chi connectivity index (χ3n) is 3.25. The fraction of sp³-hybridized carbons (Fsp3) is 0.125. The van der Waals surface area contributed by atoms with Gasteiger partial charge in [0.25, 0.3) is 5.91 Å². The van der Waals surface area contributed by atoms with Crippen LogP contribution >= 0.6 is 12.2 Å². The van der Waals surface area contributed by atoms with Crippen LogP contribution in [0.25, 0.3) is 17.4 Å². The molecule has 21 heavy (non-hydrogen) atoms. The Kier molecular flexibility index (Phi) is 3.58. The van der Waals surface area contributed by atoms with E-state index in [1.54, 1.807) is 6.08 Å². The highest BCUT2D eigenvalue weighted by Crippen LogP contribution is 2.23. The molecular formula is C16H14N2O2S. The van der Waals surface area contributed by atoms with Gasteiger partial charge in [-0.25, -0.2) is 0 Å². The molecule has 0 atom stereocenters. The summed E-state index contributed by atoms with van der Waals surface area (Å²) in [4.78, 5) is 13.6. The van der Waals surface area contributed by atoms with Crippen LogP contribution in [0.2, 0.25) is 0 Å². The van der Waals surface area contributed by atoms with Gasteiger partial charge in [0, 0.05) is 18.2 Å². The topological polar surface area (TPSA) is 45.5 Å². The quantitative estimate of drug-likeness (QED) is 0.699. The highest BCUT2D eigenvalue weighted by Gasteiger charge is 2.29. The number of hydrogen-bond donors (Lipinski definition) is 1. The first-order chi connectivity index (χ1) is 10.2. The first-order valence-corrected chi connectivity index (χ1v) is 7.09. The maximum Gasteiger partial charge on any atom is 0.276 e. The second-order valence-electron chi connectivity index (χ2n) is 4.61. The first kappa shape index (κ1) is 13.6. The van der Waals surface area contributed by atoms with E-state index >= 15 is 0 Å². The van der Waals surface area contributed by atoms with Crippen molar-refractivity contribution < 1.29 is 9.21 Å². The molecule has 1 N–H and O–H groups in total. The number of carbonyl (C=O) groups is 1. The van der Waals surface area contributed by atoms with Gasteiger partial charge in [-0.3, -0.25) is 9.69 Å². The van der Waals surface area contributed by atoms with Crippen molar-refractivity contribution in [2.45, 2.75) is 6.92 Å². The molecular weight excluding hydrogens is 284 g/mol. The van der Waals surface area contributed by atoms with Crippen LogP contribution in [-0.4, -0.2) is 22.5 Å². The SMILES string of the molecule is CCN1C(=O)C(=Cc2ccc(-c3ccccc3)o2)NC1=S. The molecule has 1 aromatic heterocycles. The standard InChI is InChI=1S/C16H14N2O2S/c1-2-18-15(19)13(17-16(18)21)10-12-8-9-14(20-12)11-6-4-3-5-7-11/h3-10H,2H2,1H3,(H,17,21). The summed E-state index contributed by atoms with van der Waals surface area (Å²) in [5, 5.41) is 3.34. The van der Waals surface area contributed by atoms with Crippen molar-refractivity contribution >= 4 is 29.3 Å². The summed E-state index contributed by atoms with van der Waals surface area (Å²) in [5.74, 6) is 1.26. The van der Waals surface area contributed by atoms with Crippen LogP contribution in [0, 0.1) is 0 Å². The van der Waals surface area contributed by atoms with E-state index in [1.807, 2.05) is 49.4 Å². The van der Waals surface area contributed by atoms with Crippen LogP contribution in [0.3, 0.4) is 0 Å². The number of nitrogens with one attached hydrogen (secondary N) is 1. The van der Waals surface area contributed by atoms with Gasteiger partial charge >= 0.3 is 0 Å². The lowest BCUT2D eigenvalue weighted by Gasteiger charge is -2.08. The molecule has 1 aliphatic heterocycles. The Morgan fingerprint density at radius 3 is 2.67 bits per heavy atom. The molecule has 4 nitrogen and oxygen atoms in total. The van der Waals surface area contributed by atoms with Gasteiger partial charge in [-0.15, -0.1) is 0 Å². The van der Waals surface area contributed by atoms with Gasteiger partial charge < -0.3 is 9.73 Å². The molecule has 1 amide bonds. The minimum atomic E-state index is -0.125. The molecule has 3 rings (SSSR count). The Bertz CT molecular complexity index is 719. The van der Waals surface area contributed by atoms with E-state index in [9.17, 15) is 4.79 Å². The number of nitrogens with zero attached hydrogens (tertiary/aromatic N) is 1. The Hall–Kier alpha value is -2.40. The van der Waals surface area contributed by atoms with Crippen molar-refractivity contribution in [1.29, 1.82) is 0 Å². The summed E-state index contributed by atoms with van der Waals surface area (Å²) in [6, 6.07) is 13.5. The molecule has 0 radical (unpaired) electrons. The largest absolute Gasteiger partial charge is 0.457 e. The van der Waals surface area contributed by atoms with E-state index in [-0.39, 0.29) is 5.91 Å². The monoisotopic (exact) mass is 298 g/mol. The molecule has 0 bridgehead atoms. The van der Waals surface area contributed by atoms with Gasteiger partial charge in [0.15, 0.2) is 5.11 Å². The number of likely N-dealkylation sites (N-methyl/N-ethyl adjacent to an activating group) is 1. The smallest absolute Gasteiger partial charge is 0.276 e. The summed E-state index contributed by atoms with van der Waals surface area (Å²) in [6.45, 7) is 2.44. The zero-order valence-electron chi connectivity index (χ0n) is 11.5. The summed E-state index contributed by atoms with van der Waals surface area (Å²) >= 11 is 5.11. The predicted molar refractivity (Wildman–Crippen MR) is 85.2 cm³/mol. The van der Waals surface area contributed by atoms with Gasteiger partial charge in [-0.05, 0) is 31.3 Å². The molecule has 0 saturated carbocycles. The van der Waals surface area contributed by atoms with E-state index in [0.717, 1.165) is 11.3 Å². The van der Waals surface area contributed by atoms with E-state index in [2.05, 4.69) is 5.32 Å². The predicted octanol–water partition coefficient (Wildman–Crippen LogP) is 3.02. The van der Waals surface area contributed by atoms with Crippen molar-refractivity contribution in [3.05, 3.63) is 53.9 Å². The average molecular weight is 298 g/mol. The number of benzene rings is 1. The van der Waals surface area contributed by atoms with Crippen LogP contribution in [0.15, 0.2) is 52.6 Å². The van der Waals surface area contributed by atoms with E-state index in [0.29, 0.717) is 23.1 Å². The molecule has 0 aliphatic carbocycles. The summed E-state index contributed by atoms with van der Waals surface area (Å²) in [6.07, 6.45) is 1.68. The van der Waals surface area contributed by atoms with Gasteiger partial charge in [-0.1, -0.05) is 30.3 Å². The van der Waals surface area contributed by atoms with Gasteiger partial charge in [0.2, 0.25) is 0 Å². The van der Waals surface area contributed by atoms with Crippen molar-refractivity contribution in [2.24, 2.45) is 0 Å². The normalized spacial score (nSPS) is 16.6.